The Morgan fingerprint density at radius 1 is 0.957 bits per heavy atom. The molecular formula is C26H18Cl2F6N6O6. The van der Waals surface area contributed by atoms with Crippen molar-refractivity contribution < 1.29 is 55.7 Å². The van der Waals surface area contributed by atoms with Gasteiger partial charge in [0.05, 0.1) is 33.2 Å². The average Bonchev–Trinajstić information content (AvgIpc) is 3.32. The molecule has 1 aliphatic rings. The van der Waals surface area contributed by atoms with E-state index >= 15 is 0 Å². The van der Waals surface area contributed by atoms with Gasteiger partial charge in [0.15, 0.2) is 6.10 Å². The van der Waals surface area contributed by atoms with Crippen LogP contribution >= 0.6 is 23.2 Å². The highest BCUT2D eigenvalue weighted by molar-refractivity contribution is 6.39. The number of anilines is 2. The van der Waals surface area contributed by atoms with Crippen LogP contribution in [0.4, 0.5) is 37.8 Å². The molecule has 0 radical (unpaired) electrons. The highest BCUT2D eigenvalue weighted by Crippen LogP contribution is 2.45. The number of aliphatic carboxylic acids is 2. The highest BCUT2D eigenvalue weighted by Gasteiger charge is 2.39. The van der Waals surface area contributed by atoms with E-state index in [1.807, 2.05) is 18.2 Å². The van der Waals surface area contributed by atoms with Gasteiger partial charge in [0.1, 0.15) is 23.1 Å². The van der Waals surface area contributed by atoms with Gasteiger partial charge in [-0.15, -0.1) is 0 Å². The van der Waals surface area contributed by atoms with Gasteiger partial charge in [-0.1, -0.05) is 23.2 Å². The van der Waals surface area contributed by atoms with E-state index in [0.29, 0.717) is 38.7 Å². The first-order valence-electron chi connectivity index (χ1n) is 12.1. The number of ether oxygens (including phenoxy) is 1. The Hall–Kier alpha value is -5.10. The SMILES string of the molecule is CC(Oc1cc(Cl)c(-c2nc3c([nH]2)-c2ccncc2Nc2ncccc2-3)c(Cl)c1)C(N)=O.O=C(O)C(F)(F)F.O=C(O)C(F)(F)F. The number of hydrogen-bond acceptors (Lipinski definition) is 8. The number of alkyl halides is 6. The first kappa shape index (κ1) is 35.4. The zero-order chi connectivity index (χ0) is 34.6. The summed E-state index contributed by atoms with van der Waals surface area (Å²) in [7, 11) is 0. The predicted octanol–water partition coefficient (Wildman–Crippen LogP) is 6.08. The van der Waals surface area contributed by atoms with Crippen molar-refractivity contribution in [3.05, 3.63) is 59.0 Å². The third kappa shape index (κ3) is 8.54. The molecule has 0 fully saturated rings. The van der Waals surface area contributed by atoms with Crippen molar-refractivity contribution in [3.63, 3.8) is 0 Å². The summed E-state index contributed by atoms with van der Waals surface area (Å²) in [6, 6.07) is 8.82. The van der Waals surface area contributed by atoms with Crippen molar-refractivity contribution in [1.82, 2.24) is 19.9 Å². The molecule has 0 saturated carbocycles. The number of benzene rings is 1. The number of nitrogens with zero attached hydrogens (tertiary/aromatic N) is 3. The second kappa shape index (κ2) is 13.9. The van der Waals surface area contributed by atoms with Crippen molar-refractivity contribution in [3.8, 4) is 39.7 Å². The van der Waals surface area contributed by atoms with Gasteiger partial charge in [0.25, 0.3) is 5.91 Å². The van der Waals surface area contributed by atoms with Crippen LogP contribution in [0.2, 0.25) is 10.0 Å². The topological polar surface area (TPSA) is 193 Å². The normalized spacial score (nSPS) is 12.2. The van der Waals surface area contributed by atoms with Crippen LogP contribution in [0.3, 0.4) is 0 Å². The number of aromatic nitrogens is 4. The van der Waals surface area contributed by atoms with Crippen molar-refractivity contribution >= 4 is 52.6 Å². The number of amides is 1. The fraction of sp³-hybridized carbons (Fsp3) is 0.154. The van der Waals surface area contributed by atoms with Crippen LogP contribution < -0.4 is 15.8 Å². The number of halogens is 8. The molecule has 0 spiro atoms. The van der Waals surface area contributed by atoms with Crippen LogP contribution in [0.5, 0.6) is 5.75 Å². The average molecular weight is 695 g/mol. The Labute approximate surface area is 263 Å². The highest BCUT2D eigenvalue weighted by atomic mass is 35.5. The molecule has 0 saturated heterocycles. The zero-order valence-corrected chi connectivity index (χ0v) is 24.2. The van der Waals surface area contributed by atoms with Crippen molar-refractivity contribution in [2.45, 2.75) is 25.4 Å². The number of H-pyrrole nitrogens is 1. The molecule has 1 atom stereocenters. The molecule has 4 heterocycles. The molecule has 1 amide bonds. The maximum absolute atomic E-state index is 11.3. The number of nitrogens with one attached hydrogen (secondary N) is 2. The van der Waals surface area contributed by atoms with E-state index in [9.17, 15) is 31.1 Å². The van der Waals surface area contributed by atoms with Crippen LogP contribution in [0.25, 0.3) is 33.9 Å². The number of pyridine rings is 2. The minimum atomic E-state index is -5.08. The summed E-state index contributed by atoms with van der Waals surface area (Å²) in [5.74, 6) is -4.62. The largest absolute Gasteiger partial charge is 0.490 e. The van der Waals surface area contributed by atoms with Gasteiger partial charge < -0.3 is 31.0 Å². The minimum absolute atomic E-state index is 0.313. The number of aromatic amines is 1. The first-order valence-corrected chi connectivity index (χ1v) is 12.9. The van der Waals surface area contributed by atoms with Crippen LogP contribution in [0, 0.1) is 0 Å². The summed E-state index contributed by atoms with van der Waals surface area (Å²) in [4.78, 5) is 45.9. The lowest BCUT2D eigenvalue weighted by atomic mass is 10.1. The third-order valence-corrected chi connectivity index (χ3v) is 6.16. The molecule has 6 N–H and O–H groups in total. The summed E-state index contributed by atoms with van der Waals surface area (Å²) in [5.41, 5.74) is 9.77. The van der Waals surface area contributed by atoms with Crippen molar-refractivity contribution in [2.75, 3.05) is 5.32 Å². The number of fused-ring (bicyclic) bond motifs is 5. The summed E-state index contributed by atoms with van der Waals surface area (Å²) in [6.45, 7) is 1.55. The lowest BCUT2D eigenvalue weighted by Gasteiger charge is -2.13. The van der Waals surface area contributed by atoms with Crippen molar-refractivity contribution in [1.29, 1.82) is 0 Å². The number of rotatable bonds is 4. The Morgan fingerprint density at radius 2 is 1.52 bits per heavy atom. The Kier molecular flexibility index (Phi) is 10.7. The molecule has 20 heteroatoms. The van der Waals surface area contributed by atoms with E-state index in [0.717, 1.165) is 22.5 Å². The van der Waals surface area contributed by atoms with E-state index in [1.165, 1.54) is 0 Å². The molecule has 244 valence electrons. The number of hydrogen-bond donors (Lipinski definition) is 5. The second-order valence-electron chi connectivity index (χ2n) is 8.79. The van der Waals surface area contributed by atoms with Gasteiger partial charge in [-0.2, -0.15) is 26.3 Å². The summed E-state index contributed by atoms with van der Waals surface area (Å²) in [5, 5.41) is 18.2. The lowest BCUT2D eigenvalue weighted by Crippen LogP contribution is -2.30. The lowest BCUT2D eigenvalue weighted by molar-refractivity contribution is -0.193. The van der Waals surface area contributed by atoms with Gasteiger partial charge >= 0.3 is 24.3 Å². The number of carboxylic acid groups (broad SMARTS) is 2. The van der Waals surface area contributed by atoms with Gasteiger partial charge in [0, 0.05) is 23.5 Å². The number of primary amides is 1. The molecule has 12 nitrogen and oxygen atoms in total. The number of carboxylic acids is 2. The molecule has 0 aliphatic carbocycles. The predicted molar refractivity (Wildman–Crippen MR) is 150 cm³/mol. The molecule has 1 aliphatic heterocycles. The smallest absolute Gasteiger partial charge is 0.481 e. The Balaban J connectivity index is 0.000000345. The van der Waals surface area contributed by atoms with Gasteiger partial charge in [-0.3, -0.25) is 9.78 Å². The quantitative estimate of drug-likeness (QED) is 0.138. The number of carbonyl (C=O) groups excluding carboxylic acids is 1. The Morgan fingerprint density at radius 3 is 2.04 bits per heavy atom. The fourth-order valence-corrected chi connectivity index (χ4v) is 4.17. The van der Waals surface area contributed by atoms with Gasteiger partial charge in [-0.25, -0.2) is 19.6 Å². The molecule has 1 aromatic carbocycles. The van der Waals surface area contributed by atoms with E-state index in [1.54, 1.807) is 37.6 Å². The fourth-order valence-electron chi connectivity index (χ4n) is 3.52. The van der Waals surface area contributed by atoms with E-state index in [2.05, 4.69) is 20.3 Å². The summed E-state index contributed by atoms with van der Waals surface area (Å²) in [6.07, 6.45) is -5.84. The molecule has 4 aromatic rings. The first-order chi connectivity index (χ1) is 21.3. The maximum atomic E-state index is 11.3. The number of imidazole rings is 1. The molecule has 5 rings (SSSR count). The molecule has 1 unspecified atom stereocenters. The van der Waals surface area contributed by atoms with Crippen LogP contribution in [0.1, 0.15) is 6.92 Å². The van der Waals surface area contributed by atoms with Crippen LogP contribution in [-0.2, 0) is 14.4 Å². The molecule has 0 bridgehead atoms. The van der Waals surface area contributed by atoms with Crippen LogP contribution in [0.15, 0.2) is 48.9 Å². The molecular weight excluding hydrogens is 677 g/mol. The summed E-state index contributed by atoms with van der Waals surface area (Å²) < 4.78 is 69.0. The standard InChI is InChI=1S/C22H16Cl2N6O2.2C2HF3O2/c1-10(20(25)31)32-11-7-14(23)17(15(24)8-11)22-29-18-12-4-6-26-9-16(12)28-21-13(19(18)30-22)3-2-5-27-21;2*3-2(4,5)1(6)7/h2-10H,1H3,(H2,25,31)(H,27,28)(H,29,30);2*(H,6,7). The minimum Gasteiger partial charge on any atom is -0.481 e. The van der Waals surface area contributed by atoms with E-state index in [-0.39, 0.29) is 0 Å². The van der Waals surface area contributed by atoms with E-state index in [4.69, 9.17) is 58.5 Å². The molecule has 46 heavy (non-hydrogen) atoms. The monoisotopic (exact) mass is 694 g/mol. The Bertz CT molecular complexity index is 1670. The van der Waals surface area contributed by atoms with Gasteiger partial charge in [0.2, 0.25) is 0 Å². The number of carbonyl (C=O) groups is 3. The zero-order valence-electron chi connectivity index (χ0n) is 22.7. The van der Waals surface area contributed by atoms with Gasteiger partial charge in [-0.05, 0) is 37.3 Å². The second-order valence-corrected chi connectivity index (χ2v) is 9.60. The van der Waals surface area contributed by atoms with Crippen molar-refractivity contribution in [2.24, 2.45) is 5.73 Å². The third-order valence-electron chi connectivity index (χ3n) is 5.56. The van der Waals surface area contributed by atoms with E-state index < -0.39 is 36.3 Å². The maximum Gasteiger partial charge on any atom is 0.490 e. The summed E-state index contributed by atoms with van der Waals surface area (Å²) >= 11 is 13.1. The van der Waals surface area contributed by atoms with Crippen LogP contribution in [-0.4, -0.2) is 66.5 Å². The molecule has 3 aromatic heterocycles. The number of nitrogens with two attached hydrogens (primary N) is 1.